The van der Waals surface area contributed by atoms with Gasteiger partial charge in [0.25, 0.3) is 0 Å². The lowest BCUT2D eigenvalue weighted by molar-refractivity contribution is -0.0386. The summed E-state index contributed by atoms with van der Waals surface area (Å²) in [6.45, 7) is 16.0. The molecule has 0 bridgehead atoms. The monoisotopic (exact) mass is 245 g/mol. The highest BCUT2D eigenvalue weighted by atomic mass is 16.5. The average Bonchev–Trinajstić information content (AvgIpc) is 2.20. The Bertz CT molecular complexity index is 176. The molecule has 1 unspecified atom stereocenters. The molecule has 0 aliphatic carbocycles. The van der Waals surface area contributed by atoms with Crippen LogP contribution in [-0.4, -0.2) is 38.0 Å². The van der Waals surface area contributed by atoms with Crippen LogP contribution in [0.15, 0.2) is 0 Å². The van der Waals surface area contributed by atoms with Crippen molar-refractivity contribution in [2.75, 3.05) is 26.4 Å². The van der Waals surface area contributed by atoms with E-state index in [0.29, 0.717) is 25.2 Å². The van der Waals surface area contributed by atoms with E-state index >= 15 is 0 Å². The van der Waals surface area contributed by atoms with Gasteiger partial charge < -0.3 is 14.8 Å². The first-order valence-corrected chi connectivity index (χ1v) is 6.82. The van der Waals surface area contributed by atoms with E-state index in [9.17, 15) is 0 Å². The Morgan fingerprint density at radius 2 is 1.76 bits per heavy atom. The zero-order chi connectivity index (χ0) is 13.3. The summed E-state index contributed by atoms with van der Waals surface area (Å²) in [4.78, 5) is 0. The molecule has 0 aromatic heterocycles. The summed E-state index contributed by atoms with van der Waals surface area (Å²) < 4.78 is 11.3. The first-order chi connectivity index (χ1) is 7.87. The van der Waals surface area contributed by atoms with Gasteiger partial charge in [0.05, 0.1) is 25.4 Å². The van der Waals surface area contributed by atoms with Gasteiger partial charge in [0.15, 0.2) is 0 Å². The highest BCUT2D eigenvalue weighted by molar-refractivity contribution is 4.69. The van der Waals surface area contributed by atoms with Crippen LogP contribution in [0.3, 0.4) is 0 Å². The minimum absolute atomic E-state index is 0.0682. The van der Waals surface area contributed by atoms with E-state index in [-0.39, 0.29) is 5.60 Å². The van der Waals surface area contributed by atoms with Crippen molar-refractivity contribution in [1.82, 2.24) is 5.32 Å². The van der Waals surface area contributed by atoms with Crippen LogP contribution in [0, 0.1) is 5.92 Å². The van der Waals surface area contributed by atoms with E-state index in [1.165, 1.54) is 0 Å². The second-order valence-electron chi connectivity index (χ2n) is 5.84. The summed E-state index contributed by atoms with van der Waals surface area (Å²) in [7, 11) is 0. The molecule has 17 heavy (non-hydrogen) atoms. The summed E-state index contributed by atoms with van der Waals surface area (Å²) in [5.74, 6) is 0.602. The zero-order valence-corrected chi connectivity index (χ0v) is 12.5. The molecule has 0 fully saturated rings. The minimum Gasteiger partial charge on any atom is -0.377 e. The van der Waals surface area contributed by atoms with Gasteiger partial charge in [-0.3, -0.25) is 0 Å². The van der Waals surface area contributed by atoms with Crippen molar-refractivity contribution < 1.29 is 9.47 Å². The third kappa shape index (κ3) is 10.7. The molecule has 3 heteroatoms. The highest BCUT2D eigenvalue weighted by Crippen LogP contribution is 2.06. The molecule has 0 saturated carbocycles. The molecular formula is C14H31NO2. The SMILES string of the molecule is CCCNC(COCCOC(C)(C)C)C(C)C. The van der Waals surface area contributed by atoms with E-state index < -0.39 is 0 Å². The molecule has 0 saturated heterocycles. The fraction of sp³-hybridized carbons (Fsp3) is 1.00. The topological polar surface area (TPSA) is 30.5 Å². The third-order valence-electron chi connectivity index (χ3n) is 2.52. The summed E-state index contributed by atoms with van der Waals surface area (Å²) in [6, 6.07) is 0.449. The van der Waals surface area contributed by atoms with Crippen molar-refractivity contribution in [3.05, 3.63) is 0 Å². The Morgan fingerprint density at radius 1 is 1.12 bits per heavy atom. The van der Waals surface area contributed by atoms with Crippen LogP contribution in [0.2, 0.25) is 0 Å². The first kappa shape index (κ1) is 16.9. The Morgan fingerprint density at radius 3 is 2.24 bits per heavy atom. The van der Waals surface area contributed by atoms with Crippen LogP contribution in [0.4, 0.5) is 0 Å². The summed E-state index contributed by atoms with van der Waals surface area (Å²) in [5.41, 5.74) is -0.0682. The molecule has 0 rings (SSSR count). The van der Waals surface area contributed by atoms with Crippen LogP contribution in [0.5, 0.6) is 0 Å². The Labute approximate surface area is 107 Å². The predicted molar refractivity (Wildman–Crippen MR) is 73.4 cm³/mol. The standard InChI is InChI=1S/C14H31NO2/c1-7-8-15-13(12(2)3)11-16-9-10-17-14(4,5)6/h12-13,15H,7-11H2,1-6H3. The van der Waals surface area contributed by atoms with Crippen LogP contribution in [0.1, 0.15) is 48.0 Å². The number of ether oxygens (including phenoxy) is 2. The lowest BCUT2D eigenvalue weighted by Gasteiger charge is -2.23. The molecule has 0 amide bonds. The maximum absolute atomic E-state index is 5.66. The fourth-order valence-electron chi connectivity index (χ4n) is 1.43. The molecule has 0 aromatic rings. The van der Waals surface area contributed by atoms with Gasteiger partial charge in [-0.05, 0) is 39.7 Å². The smallest absolute Gasteiger partial charge is 0.0707 e. The molecule has 0 spiro atoms. The van der Waals surface area contributed by atoms with Gasteiger partial charge in [-0.1, -0.05) is 20.8 Å². The van der Waals surface area contributed by atoms with Gasteiger partial charge in [0, 0.05) is 6.04 Å². The molecule has 3 nitrogen and oxygen atoms in total. The van der Waals surface area contributed by atoms with E-state index in [1.807, 2.05) is 0 Å². The second kappa shape index (κ2) is 8.90. The molecule has 0 aliphatic heterocycles. The quantitative estimate of drug-likeness (QED) is 0.634. The summed E-state index contributed by atoms with van der Waals surface area (Å²) in [5, 5.41) is 3.51. The van der Waals surface area contributed by atoms with Gasteiger partial charge in [-0.25, -0.2) is 0 Å². The molecular weight excluding hydrogens is 214 g/mol. The van der Waals surface area contributed by atoms with E-state index in [4.69, 9.17) is 9.47 Å². The molecule has 1 atom stereocenters. The van der Waals surface area contributed by atoms with Crippen LogP contribution in [-0.2, 0) is 9.47 Å². The molecule has 0 radical (unpaired) electrons. The largest absolute Gasteiger partial charge is 0.377 e. The summed E-state index contributed by atoms with van der Waals surface area (Å²) >= 11 is 0. The van der Waals surface area contributed by atoms with Gasteiger partial charge in [0.1, 0.15) is 0 Å². The van der Waals surface area contributed by atoms with E-state index in [1.54, 1.807) is 0 Å². The average molecular weight is 245 g/mol. The highest BCUT2D eigenvalue weighted by Gasteiger charge is 2.13. The van der Waals surface area contributed by atoms with Gasteiger partial charge in [0.2, 0.25) is 0 Å². The maximum atomic E-state index is 5.66. The maximum Gasteiger partial charge on any atom is 0.0707 e. The van der Waals surface area contributed by atoms with Crippen molar-refractivity contribution in [1.29, 1.82) is 0 Å². The van der Waals surface area contributed by atoms with Gasteiger partial charge >= 0.3 is 0 Å². The Balaban J connectivity index is 3.61. The van der Waals surface area contributed by atoms with Crippen LogP contribution in [0.25, 0.3) is 0 Å². The Hall–Kier alpha value is -0.120. The lowest BCUT2D eigenvalue weighted by Crippen LogP contribution is -2.38. The predicted octanol–water partition coefficient (Wildman–Crippen LogP) is 2.84. The Kier molecular flexibility index (Phi) is 8.83. The molecule has 0 heterocycles. The molecule has 0 aromatic carbocycles. The molecule has 1 N–H and O–H groups in total. The normalized spacial score (nSPS) is 14.3. The van der Waals surface area contributed by atoms with E-state index in [2.05, 4.69) is 46.9 Å². The van der Waals surface area contributed by atoms with Crippen LogP contribution < -0.4 is 5.32 Å². The number of rotatable bonds is 9. The van der Waals surface area contributed by atoms with Crippen LogP contribution >= 0.6 is 0 Å². The second-order valence-corrected chi connectivity index (χ2v) is 5.84. The van der Waals surface area contributed by atoms with Crippen molar-refractivity contribution in [3.63, 3.8) is 0 Å². The fourth-order valence-corrected chi connectivity index (χ4v) is 1.43. The number of hydrogen-bond acceptors (Lipinski definition) is 3. The lowest BCUT2D eigenvalue weighted by atomic mass is 10.1. The minimum atomic E-state index is -0.0682. The molecule has 104 valence electrons. The first-order valence-electron chi connectivity index (χ1n) is 6.82. The zero-order valence-electron chi connectivity index (χ0n) is 12.5. The number of hydrogen-bond donors (Lipinski definition) is 1. The van der Waals surface area contributed by atoms with Gasteiger partial charge in [-0.2, -0.15) is 0 Å². The van der Waals surface area contributed by atoms with E-state index in [0.717, 1.165) is 19.6 Å². The van der Waals surface area contributed by atoms with Gasteiger partial charge in [-0.15, -0.1) is 0 Å². The number of nitrogens with one attached hydrogen (secondary N) is 1. The molecule has 0 aliphatic rings. The van der Waals surface area contributed by atoms with Crippen molar-refractivity contribution in [3.8, 4) is 0 Å². The summed E-state index contributed by atoms with van der Waals surface area (Å²) in [6.07, 6.45) is 1.16. The third-order valence-corrected chi connectivity index (χ3v) is 2.52. The van der Waals surface area contributed by atoms with Crippen molar-refractivity contribution >= 4 is 0 Å². The van der Waals surface area contributed by atoms with Crippen molar-refractivity contribution in [2.45, 2.75) is 59.6 Å². The van der Waals surface area contributed by atoms with Crippen molar-refractivity contribution in [2.24, 2.45) is 5.92 Å².